The highest BCUT2D eigenvalue weighted by Crippen LogP contribution is 2.24. The Morgan fingerprint density at radius 1 is 1.59 bits per heavy atom. The largest absolute Gasteiger partial charge is 0.496 e. The minimum absolute atomic E-state index is 0.000955. The molecule has 2 atom stereocenters. The molecule has 1 heterocycles. The van der Waals surface area contributed by atoms with Gasteiger partial charge in [0, 0.05) is 24.2 Å². The highest BCUT2D eigenvalue weighted by atomic mass is 16.6. The number of hydrogen-bond acceptors (Lipinski definition) is 5. The number of carbonyl (C=O) groups excluding carboxylic acids is 1. The molecule has 1 aliphatic rings. The Bertz CT molecular complexity index is 556. The lowest BCUT2D eigenvalue weighted by Gasteiger charge is -2.24. The maximum absolute atomic E-state index is 12.5. The molecule has 0 aromatic heterocycles. The molecule has 1 aromatic rings. The van der Waals surface area contributed by atoms with Crippen molar-refractivity contribution >= 4 is 11.6 Å². The van der Waals surface area contributed by atoms with Gasteiger partial charge in [-0.3, -0.25) is 14.9 Å². The van der Waals surface area contributed by atoms with E-state index in [1.165, 1.54) is 25.3 Å². The number of rotatable bonds is 6. The van der Waals surface area contributed by atoms with Crippen molar-refractivity contribution in [3.8, 4) is 5.75 Å². The third-order valence-electron chi connectivity index (χ3n) is 3.98. The van der Waals surface area contributed by atoms with Gasteiger partial charge in [-0.25, -0.2) is 0 Å². The van der Waals surface area contributed by atoms with Crippen molar-refractivity contribution in [1.29, 1.82) is 0 Å². The van der Waals surface area contributed by atoms with Gasteiger partial charge in [0.25, 0.3) is 11.6 Å². The summed E-state index contributed by atoms with van der Waals surface area (Å²) < 4.78 is 5.14. The lowest BCUT2D eigenvalue weighted by molar-refractivity contribution is -0.384. The van der Waals surface area contributed by atoms with E-state index in [9.17, 15) is 14.9 Å². The highest BCUT2D eigenvalue weighted by molar-refractivity contribution is 5.97. The molecule has 1 amide bonds. The van der Waals surface area contributed by atoms with Crippen molar-refractivity contribution in [3.05, 3.63) is 33.9 Å². The van der Waals surface area contributed by atoms with Crippen molar-refractivity contribution in [2.24, 2.45) is 0 Å². The predicted octanol–water partition coefficient (Wildman–Crippen LogP) is 1.86. The number of nitrogens with zero attached hydrogens (tertiary/aromatic N) is 1. The van der Waals surface area contributed by atoms with Gasteiger partial charge in [0.1, 0.15) is 5.75 Å². The number of amides is 1. The SMILES string of the molecule is CCC(NC(=O)c1cc([N+](=O)[O-])ccc1OC)C1CCCN1. The first kappa shape index (κ1) is 16.2. The van der Waals surface area contributed by atoms with E-state index >= 15 is 0 Å². The summed E-state index contributed by atoms with van der Waals surface area (Å²) in [4.78, 5) is 22.8. The van der Waals surface area contributed by atoms with Crippen LogP contribution in [0, 0.1) is 10.1 Å². The summed E-state index contributed by atoms with van der Waals surface area (Å²) in [5.74, 6) is -0.0153. The Balaban J connectivity index is 2.19. The van der Waals surface area contributed by atoms with Crippen LogP contribution < -0.4 is 15.4 Å². The normalized spacial score (nSPS) is 18.7. The minimum Gasteiger partial charge on any atom is -0.496 e. The third-order valence-corrected chi connectivity index (χ3v) is 3.98. The maximum Gasteiger partial charge on any atom is 0.270 e. The molecule has 2 N–H and O–H groups in total. The van der Waals surface area contributed by atoms with Crippen molar-refractivity contribution in [1.82, 2.24) is 10.6 Å². The van der Waals surface area contributed by atoms with Gasteiger partial charge in [-0.05, 0) is 31.9 Å². The topological polar surface area (TPSA) is 93.5 Å². The molecular formula is C15H21N3O4. The molecule has 1 aliphatic heterocycles. The van der Waals surface area contributed by atoms with Crippen LogP contribution in [0.4, 0.5) is 5.69 Å². The van der Waals surface area contributed by atoms with Crippen LogP contribution >= 0.6 is 0 Å². The van der Waals surface area contributed by atoms with Gasteiger partial charge < -0.3 is 15.4 Å². The molecule has 2 rings (SSSR count). The Kier molecular flexibility index (Phi) is 5.32. The predicted molar refractivity (Wildman–Crippen MR) is 82.2 cm³/mol. The summed E-state index contributed by atoms with van der Waals surface area (Å²) in [6, 6.07) is 4.27. The molecule has 7 heteroatoms. The number of non-ortho nitro benzene ring substituents is 1. The number of ether oxygens (including phenoxy) is 1. The van der Waals surface area contributed by atoms with Crippen LogP contribution in [0.3, 0.4) is 0 Å². The molecular weight excluding hydrogens is 286 g/mol. The van der Waals surface area contributed by atoms with Gasteiger partial charge in [0.15, 0.2) is 0 Å². The molecule has 7 nitrogen and oxygen atoms in total. The van der Waals surface area contributed by atoms with Crippen LogP contribution in [0.15, 0.2) is 18.2 Å². The lowest BCUT2D eigenvalue weighted by atomic mass is 10.0. The summed E-state index contributed by atoms with van der Waals surface area (Å²) >= 11 is 0. The number of nitro benzene ring substituents is 1. The van der Waals surface area contributed by atoms with E-state index in [1.54, 1.807) is 0 Å². The second kappa shape index (κ2) is 7.22. The standard InChI is InChI=1S/C15H21N3O4/c1-3-12(13-5-4-8-16-13)17-15(19)11-9-10(18(20)21)6-7-14(11)22-2/h6-7,9,12-13,16H,3-5,8H2,1-2H3,(H,17,19). The number of hydrogen-bond donors (Lipinski definition) is 2. The summed E-state index contributed by atoms with van der Waals surface area (Å²) in [5, 5.41) is 17.2. The Hall–Kier alpha value is -2.15. The van der Waals surface area contributed by atoms with E-state index in [0.29, 0.717) is 5.75 Å². The summed E-state index contributed by atoms with van der Waals surface area (Å²) in [5.41, 5.74) is 0.0612. The van der Waals surface area contributed by atoms with Crippen LogP contribution in [0.2, 0.25) is 0 Å². The number of benzene rings is 1. The van der Waals surface area contributed by atoms with E-state index in [2.05, 4.69) is 10.6 Å². The van der Waals surface area contributed by atoms with Gasteiger partial charge in [-0.15, -0.1) is 0 Å². The molecule has 0 spiro atoms. The van der Waals surface area contributed by atoms with Crippen LogP contribution in [0.25, 0.3) is 0 Å². The number of nitro groups is 1. The van der Waals surface area contributed by atoms with Crippen LogP contribution in [-0.2, 0) is 0 Å². The molecule has 2 unspecified atom stereocenters. The quantitative estimate of drug-likeness (QED) is 0.618. The van der Waals surface area contributed by atoms with Gasteiger partial charge in [0.05, 0.1) is 17.6 Å². The van der Waals surface area contributed by atoms with Crippen molar-refractivity contribution in [2.75, 3.05) is 13.7 Å². The number of nitrogens with one attached hydrogen (secondary N) is 2. The van der Waals surface area contributed by atoms with Crippen molar-refractivity contribution in [3.63, 3.8) is 0 Å². The van der Waals surface area contributed by atoms with Gasteiger partial charge >= 0.3 is 0 Å². The molecule has 1 aromatic carbocycles. The second-order valence-electron chi connectivity index (χ2n) is 5.33. The Morgan fingerprint density at radius 3 is 2.91 bits per heavy atom. The summed E-state index contributed by atoms with van der Waals surface area (Å²) in [6.45, 7) is 2.97. The first-order valence-corrected chi connectivity index (χ1v) is 7.43. The zero-order valence-corrected chi connectivity index (χ0v) is 12.8. The fraction of sp³-hybridized carbons (Fsp3) is 0.533. The molecule has 0 radical (unpaired) electrons. The average molecular weight is 307 g/mol. The van der Waals surface area contributed by atoms with E-state index in [-0.39, 0.29) is 29.2 Å². The number of methoxy groups -OCH3 is 1. The van der Waals surface area contributed by atoms with Crippen LogP contribution in [0.5, 0.6) is 5.75 Å². The molecule has 1 fully saturated rings. The molecule has 0 saturated carbocycles. The molecule has 0 bridgehead atoms. The second-order valence-corrected chi connectivity index (χ2v) is 5.33. The molecule has 120 valence electrons. The van der Waals surface area contributed by atoms with Crippen LogP contribution in [0.1, 0.15) is 36.5 Å². The lowest BCUT2D eigenvalue weighted by Crippen LogP contribution is -2.47. The molecule has 0 aliphatic carbocycles. The Morgan fingerprint density at radius 2 is 2.36 bits per heavy atom. The molecule has 22 heavy (non-hydrogen) atoms. The zero-order chi connectivity index (χ0) is 16.1. The first-order valence-electron chi connectivity index (χ1n) is 7.43. The average Bonchev–Trinajstić information content (AvgIpc) is 3.05. The van der Waals surface area contributed by atoms with E-state index < -0.39 is 4.92 Å². The smallest absolute Gasteiger partial charge is 0.270 e. The van der Waals surface area contributed by atoms with Crippen molar-refractivity contribution < 1.29 is 14.5 Å². The fourth-order valence-electron chi connectivity index (χ4n) is 2.78. The summed E-state index contributed by atoms with van der Waals surface area (Å²) in [6.07, 6.45) is 2.91. The summed E-state index contributed by atoms with van der Waals surface area (Å²) in [7, 11) is 1.44. The fourth-order valence-corrected chi connectivity index (χ4v) is 2.78. The number of carbonyl (C=O) groups is 1. The van der Waals surface area contributed by atoms with Gasteiger partial charge in [-0.2, -0.15) is 0 Å². The van der Waals surface area contributed by atoms with Gasteiger partial charge in [0.2, 0.25) is 0 Å². The van der Waals surface area contributed by atoms with Crippen LogP contribution in [-0.4, -0.2) is 36.6 Å². The first-order chi connectivity index (χ1) is 10.6. The van der Waals surface area contributed by atoms with E-state index in [0.717, 1.165) is 25.8 Å². The minimum atomic E-state index is -0.522. The van der Waals surface area contributed by atoms with Crippen molar-refractivity contribution in [2.45, 2.75) is 38.3 Å². The maximum atomic E-state index is 12.5. The zero-order valence-electron chi connectivity index (χ0n) is 12.8. The highest BCUT2D eigenvalue weighted by Gasteiger charge is 2.26. The third kappa shape index (κ3) is 3.54. The molecule has 1 saturated heterocycles. The van der Waals surface area contributed by atoms with E-state index in [1.807, 2.05) is 6.92 Å². The van der Waals surface area contributed by atoms with Gasteiger partial charge in [-0.1, -0.05) is 6.92 Å². The van der Waals surface area contributed by atoms with E-state index in [4.69, 9.17) is 4.74 Å². The monoisotopic (exact) mass is 307 g/mol. The Labute approximate surface area is 129 Å².